The molecule has 0 amide bonds. The predicted molar refractivity (Wildman–Crippen MR) is 506 cm³/mol. The van der Waals surface area contributed by atoms with E-state index in [9.17, 15) is 42.7 Å². The van der Waals surface area contributed by atoms with Gasteiger partial charge < -0.3 is 52.2 Å². The van der Waals surface area contributed by atoms with Gasteiger partial charge >= 0.3 is 0 Å². The maximum Gasteiger partial charge on any atom is 0.258 e. The highest BCUT2D eigenvalue weighted by Gasteiger charge is 2.35. The number of benzene rings is 8. The van der Waals surface area contributed by atoms with E-state index in [4.69, 9.17) is 37.0 Å². The Bertz CT molecular complexity index is 6420. The van der Waals surface area contributed by atoms with E-state index in [1.165, 1.54) is 35.1 Å². The number of likely N-dealkylation sites (tertiary alicyclic amines) is 2. The molecule has 12 aromatic rings. The maximum absolute atomic E-state index is 12.9. The zero-order valence-electron chi connectivity index (χ0n) is 77.1. The molecular weight excluding hydrogens is 1740 g/mol. The van der Waals surface area contributed by atoms with E-state index < -0.39 is 20.0 Å². The number of nitrogens with one attached hydrogen (secondary N) is 3. The van der Waals surface area contributed by atoms with Crippen molar-refractivity contribution in [3.63, 3.8) is 0 Å². The Morgan fingerprint density at radius 3 is 0.985 bits per heavy atom. The van der Waals surface area contributed by atoms with E-state index in [-0.39, 0.29) is 59.8 Å². The number of Topliss-reactive ketones (excluding diaryl/α,β-unsaturated/α-hetero) is 1. The number of hydrogen-bond acceptors (Lipinski definition) is 28. The molecule has 6 heterocycles. The summed E-state index contributed by atoms with van der Waals surface area (Å²) < 4.78 is 102. The van der Waals surface area contributed by atoms with Crippen LogP contribution in [0.5, 0.6) is 23.0 Å². The Hall–Kier alpha value is -13.2. The largest absolute Gasteiger partial charge is 0.490 e. The minimum Gasteiger partial charge on any atom is -0.490 e. The standard InChI is InChI=1S/2C28H33N5O4S.C24H24N4O3.C22H21N3O2/c2*1-19(2)36-26-12-9-20(17-21(26)18-29)28-30-27(31-37-28)24-8-6-7-23-22(24)10-11-25(23)32-38(34,35)16-15-33-13-4-3-5-14-33;1-14(2)30-22-10-7-16(11-17(22)12-25)24-27-23(28-31-24)20-6-4-5-19-18(20)8-9-21(19)26-13-15(3)29;1-13(2)26-20-10-8-15(11-16(20)12-23)22-24-21(25-27-22)19-6-4-5-17-14(3)7-9-18(17)19/h2*6-9,12,17,19,25,32H,3-5,10-11,13-16H2,1-2H3;4-7,10-11,14,21,26H,8-9,13H2,1-3H3;4-6,8,10-11,13-14H,7,9H2,1-3H3/t2*25-;21-;14-/m0010/s1. The van der Waals surface area contributed by atoms with Crippen LogP contribution in [0.15, 0.2) is 164 Å². The molecule has 2 fully saturated rings. The first-order chi connectivity index (χ1) is 64.7. The van der Waals surface area contributed by atoms with Crippen LogP contribution in [0.1, 0.15) is 224 Å². The van der Waals surface area contributed by atoms with E-state index in [1.807, 2.05) is 122 Å². The lowest BCUT2D eigenvalue weighted by atomic mass is 9.99. The van der Waals surface area contributed by atoms with Gasteiger partial charge in [-0.1, -0.05) is 113 Å². The van der Waals surface area contributed by atoms with Crippen molar-refractivity contribution in [3.8, 4) is 139 Å². The van der Waals surface area contributed by atoms with Crippen molar-refractivity contribution in [1.82, 2.24) is 65.1 Å². The van der Waals surface area contributed by atoms with Crippen molar-refractivity contribution in [1.29, 1.82) is 21.0 Å². The summed E-state index contributed by atoms with van der Waals surface area (Å²) in [6.45, 7) is 24.6. The van der Waals surface area contributed by atoms with E-state index in [1.54, 1.807) is 67.6 Å². The van der Waals surface area contributed by atoms with Crippen LogP contribution in [0.2, 0.25) is 0 Å². The second-order valence-electron chi connectivity index (χ2n) is 35.6. The van der Waals surface area contributed by atoms with Gasteiger partial charge in [0.1, 0.15) is 53.1 Å². The van der Waals surface area contributed by atoms with E-state index in [0.717, 1.165) is 122 Å². The lowest BCUT2D eigenvalue weighted by Crippen LogP contribution is -2.38. The first kappa shape index (κ1) is 95.5. The Kier molecular flexibility index (Phi) is 30.8. The van der Waals surface area contributed by atoms with Crippen molar-refractivity contribution in [2.75, 3.05) is 57.3 Å². The van der Waals surface area contributed by atoms with Gasteiger partial charge in [-0.25, -0.2) is 26.3 Å². The maximum atomic E-state index is 12.9. The Morgan fingerprint density at radius 1 is 0.403 bits per heavy atom. The molecule has 30 nitrogen and oxygen atoms in total. The number of fused-ring (bicyclic) bond motifs is 4. The van der Waals surface area contributed by atoms with Crippen LogP contribution in [-0.4, -0.2) is 155 Å². The van der Waals surface area contributed by atoms with Gasteiger partial charge in [-0.3, -0.25) is 4.79 Å². The number of nitriles is 4. The van der Waals surface area contributed by atoms with Crippen LogP contribution in [0.4, 0.5) is 0 Å². The average Bonchev–Trinajstić information content (AvgIpc) is 1.63. The van der Waals surface area contributed by atoms with Gasteiger partial charge in [-0.05, 0) is 289 Å². The lowest BCUT2D eigenvalue weighted by Gasteiger charge is -2.26. The smallest absolute Gasteiger partial charge is 0.258 e. The third kappa shape index (κ3) is 23.4. The Labute approximate surface area is 781 Å². The summed E-state index contributed by atoms with van der Waals surface area (Å²) in [7, 11) is -6.82. The van der Waals surface area contributed by atoms with Crippen molar-refractivity contribution >= 4 is 25.8 Å². The molecule has 2 saturated heterocycles. The van der Waals surface area contributed by atoms with Crippen LogP contribution >= 0.6 is 0 Å². The van der Waals surface area contributed by atoms with E-state index >= 15 is 0 Å². The SMILES string of the molecule is CC(=O)CN[C@@H]1CCc2c(-c3noc(-c4ccc(OC(C)C)c(C#N)c4)n3)cccc21.CC(C)Oc1ccc(-c2nc(-c3cccc4c3CC[C@@H]4C)no2)cc1C#N.CC(C)Oc1ccc(-c2nc(-c3cccc4c3CC[C@@H]4NS(=O)(=O)CCN3CCCCC3)no2)cc1C#N.CC(C)Oc1ccc(-c2nc(-c3cccc4c3CC[C@@H]4NS(=O)(=O)CCN3CCCCC3)no2)cc1C#N. The normalized spacial score (nSPS) is 16.8. The van der Waals surface area contributed by atoms with Gasteiger partial charge in [-0.2, -0.15) is 41.0 Å². The molecule has 6 aliphatic rings. The molecule has 4 aliphatic carbocycles. The molecule has 3 N–H and O–H groups in total. The number of aromatic nitrogens is 8. The van der Waals surface area contributed by atoms with Gasteiger partial charge in [0, 0.05) is 75.7 Å². The fourth-order valence-electron chi connectivity index (χ4n) is 18.0. The topological polar surface area (TPSA) is 416 Å². The highest BCUT2D eigenvalue weighted by atomic mass is 32.2. The summed E-state index contributed by atoms with van der Waals surface area (Å²) in [5.74, 6) is 6.37. The van der Waals surface area contributed by atoms with Crippen LogP contribution in [-0.2, 0) is 50.5 Å². The lowest BCUT2D eigenvalue weighted by molar-refractivity contribution is -0.116. The van der Waals surface area contributed by atoms with Crippen molar-refractivity contribution in [3.05, 3.63) is 212 Å². The fraction of sp³-hybridized carbons (Fsp3) is 0.402. The molecule has 18 rings (SSSR count). The number of nitrogens with zero attached hydrogens (tertiary/aromatic N) is 14. The molecule has 0 bridgehead atoms. The molecule has 4 aromatic heterocycles. The van der Waals surface area contributed by atoms with Gasteiger partial charge in [0.25, 0.3) is 23.6 Å². The summed E-state index contributed by atoms with van der Waals surface area (Å²) in [4.78, 5) is 34.2. The number of sulfonamides is 2. The zero-order valence-corrected chi connectivity index (χ0v) is 78.8. The first-order valence-electron chi connectivity index (χ1n) is 46.0. The second kappa shape index (κ2) is 43.2. The third-order valence-corrected chi connectivity index (χ3v) is 27.1. The van der Waals surface area contributed by atoms with Crippen molar-refractivity contribution in [2.24, 2.45) is 0 Å². The van der Waals surface area contributed by atoms with E-state index in [2.05, 4.69) is 115 Å². The number of rotatable bonds is 29. The molecular formula is C102H111N17O13S2. The number of carbonyl (C=O) groups is 1. The predicted octanol–water partition coefficient (Wildman–Crippen LogP) is 18.3. The van der Waals surface area contributed by atoms with Gasteiger partial charge in [0.15, 0.2) is 0 Å². The fourth-order valence-corrected chi connectivity index (χ4v) is 20.6. The number of hydrogen-bond donors (Lipinski definition) is 3. The summed E-state index contributed by atoms with van der Waals surface area (Å²) in [6, 6.07) is 53.2. The number of carbonyl (C=O) groups excluding carboxylic acids is 1. The molecule has 0 unspecified atom stereocenters. The number of ketones is 1. The molecule has 32 heteroatoms. The zero-order chi connectivity index (χ0) is 94.3. The number of ether oxygens (including phenoxy) is 4. The van der Waals surface area contributed by atoms with Crippen molar-refractivity contribution in [2.45, 2.75) is 208 Å². The summed E-state index contributed by atoms with van der Waals surface area (Å²) in [6.07, 6.45) is 13.7. The molecule has 4 atom stereocenters. The first-order valence-corrected chi connectivity index (χ1v) is 49.3. The summed E-state index contributed by atoms with van der Waals surface area (Å²) in [5.41, 5.74) is 16.9. The molecule has 134 heavy (non-hydrogen) atoms. The molecule has 2 aliphatic heterocycles. The van der Waals surface area contributed by atoms with E-state index in [0.29, 0.717) is 166 Å². The molecule has 8 aromatic carbocycles. The van der Waals surface area contributed by atoms with Crippen LogP contribution in [0.25, 0.3) is 91.4 Å². The molecule has 694 valence electrons. The second-order valence-corrected chi connectivity index (χ2v) is 39.4. The van der Waals surface area contributed by atoms with Gasteiger partial charge in [0.2, 0.25) is 43.3 Å². The quantitative estimate of drug-likeness (QED) is 0.0392. The molecule has 0 radical (unpaired) electrons. The summed E-state index contributed by atoms with van der Waals surface area (Å²) >= 11 is 0. The monoisotopic (exact) mass is 1850 g/mol. The number of piperidine rings is 2. The Morgan fingerprint density at radius 2 is 0.687 bits per heavy atom. The van der Waals surface area contributed by atoms with Gasteiger partial charge in [0.05, 0.1) is 64.7 Å². The van der Waals surface area contributed by atoms with Crippen LogP contribution < -0.4 is 33.7 Å². The average molecular weight is 1850 g/mol. The minimum absolute atomic E-state index is 0.000486. The van der Waals surface area contributed by atoms with Crippen LogP contribution in [0, 0.1) is 45.3 Å². The van der Waals surface area contributed by atoms with Gasteiger partial charge in [-0.15, -0.1) is 0 Å². The highest BCUT2D eigenvalue weighted by molar-refractivity contribution is 7.89. The third-order valence-electron chi connectivity index (χ3n) is 24.4. The molecule has 0 saturated carbocycles. The molecule has 0 spiro atoms. The highest BCUT2D eigenvalue weighted by Crippen LogP contribution is 2.44. The Balaban J connectivity index is 0.000000137. The minimum atomic E-state index is -3.41. The summed E-state index contributed by atoms with van der Waals surface area (Å²) in [5, 5.41) is 58.1. The van der Waals surface area contributed by atoms with Crippen LogP contribution in [0.3, 0.4) is 0 Å². The van der Waals surface area contributed by atoms with Crippen molar-refractivity contribution < 1.29 is 58.7 Å².